The summed E-state index contributed by atoms with van der Waals surface area (Å²) in [6.45, 7) is 0. The second-order valence-corrected chi connectivity index (χ2v) is 7.44. The molecule has 122 valence electrons. The summed E-state index contributed by atoms with van der Waals surface area (Å²) in [5.41, 5.74) is -1.16. The highest BCUT2D eigenvalue weighted by molar-refractivity contribution is 7.89. The molecular weight excluding hydrogens is 305 g/mol. The van der Waals surface area contributed by atoms with Gasteiger partial charge in [0.05, 0.1) is 11.8 Å². The van der Waals surface area contributed by atoms with Crippen LogP contribution in [0.4, 0.5) is 13.2 Å². The van der Waals surface area contributed by atoms with Crippen LogP contribution in [-0.4, -0.2) is 25.9 Å². The summed E-state index contributed by atoms with van der Waals surface area (Å²) in [5.74, 6) is -0.601. The lowest BCUT2D eigenvalue weighted by Gasteiger charge is -2.29. The van der Waals surface area contributed by atoms with Crippen molar-refractivity contribution in [1.82, 2.24) is 4.72 Å². The Labute approximate surface area is 123 Å². The zero-order valence-corrected chi connectivity index (χ0v) is 12.7. The van der Waals surface area contributed by atoms with Crippen molar-refractivity contribution in [3.63, 3.8) is 0 Å². The van der Waals surface area contributed by atoms with Crippen molar-refractivity contribution in [2.24, 2.45) is 0 Å². The predicted octanol–water partition coefficient (Wildman–Crippen LogP) is 3.25. The first kappa shape index (κ1) is 18.2. The SMILES string of the molecule is N#CC1(NS(=O)(=O)CCCC(F)(F)F)CCCCCCC1. The van der Waals surface area contributed by atoms with E-state index in [1.165, 1.54) is 0 Å². The zero-order valence-electron chi connectivity index (χ0n) is 11.9. The number of sulfonamides is 1. The molecule has 0 heterocycles. The van der Waals surface area contributed by atoms with Crippen molar-refractivity contribution >= 4 is 10.0 Å². The Morgan fingerprint density at radius 1 is 1.10 bits per heavy atom. The van der Waals surface area contributed by atoms with E-state index in [1.54, 1.807) is 0 Å². The number of nitrogens with one attached hydrogen (secondary N) is 1. The van der Waals surface area contributed by atoms with Gasteiger partial charge in [0.1, 0.15) is 5.54 Å². The minimum Gasteiger partial charge on any atom is -0.212 e. The molecule has 1 N–H and O–H groups in total. The largest absolute Gasteiger partial charge is 0.389 e. The fourth-order valence-corrected chi connectivity index (χ4v) is 4.03. The van der Waals surface area contributed by atoms with Gasteiger partial charge in [-0.3, -0.25) is 0 Å². The molecule has 0 aromatic carbocycles. The van der Waals surface area contributed by atoms with E-state index < -0.39 is 40.3 Å². The molecule has 0 saturated heterocycles. The van der Waals surface area contributed by atoms with Crippen molar-refractivity contribution in [3.05, 3.63) is 0 Å². The van der Waals surface area contributed by atoms with Gasteiger partial charge in [0, 0.05) is 6.42 Å². The van der Waals surface area contributed by atoms with Crippen LogP contribution in [-0.2, 0) is 10.0 Å². The number of hydrogen-bond acceptors (Lipinski definition) is 3. The summed E-state index contributed by atoms with van der Waals surface area (Å²) >= 11 is 0. The van der Waals surface area contributed by atoms with Gasteiger partial charge >= 0.3 is 6.18 Å². The number of rotatable bonds is 5. The van der Waals surface area contributed by atoms with E-state index in [1.807, 2.05) is 6.07 Å². The van der Waals surface area contributed by atoms with Crippen molar-refractivity contribution in [3.8, 4) is 6.07 Å². The van der Waals surface area contributed by atoms with Crippen LogP contribution in [0.1, 0.15) is 57.8 Å². The van der Waals surface area contributed by atoms with E-state index in [4.69, 9.17) is 0 Å². The standard InChI is InChI=1S/C13H21F3N2O2S/c14-13(15,16)9-6-10-21(19,20)18-12(11-17)7-4-2-1-3-5-8-12/h18H,1-10H2. The molecule has 0 atom stereocenters. The van der Waals surface area contributed by atoms with Gasteiger partial charge in [-0.1, -0.05) is 32.1 Å². The summed E-state index contributed by atoms with van der Waals surface area (Å²) < 4.78 is 62.4. The molecule has 1 saturated carbocycles. The summed E-state index contributed by atoms with van der Waals surface area (Å²) in [7, 11) is -3.87. The molecule has 0 radical (unpaired) electrons. The Bertz CT molecular complexity index is 461. The third kappa shape index (κ3) is 7.14. The third-order valence-electron chi connectivity index (χ3n) is 3.65. The molecule has 0 amide bonds. The Morgan fingerprint density at radius 3 is 2.10 bits per heavy atom. The Kier molecular flexibility index (Phi) is 6.47. The Morgan fingerprint density at radius 2 is 1.62 bits per heavy atom. The lowest BCUT2D eigenvalue weighted by molar-refractivity contribution is -0.134. The molecule has 1 aliphatic rings. The minimum absolute atomic E-state index is 0.419. The van der Waals surface area contributed by atoms with Gasteiger partial charge in [-0.05, 0) is 19.3 Å². The van der Waals surface area contributed by atoms with E-state index in [2.05, 4.69) is 4.72 Å². The monoisotopic (exact) mass is 326 g/mol. The Balaban J connectivity index is 2.63. The fourth-order valence-electron chi connectivity index (χ4n) is 2.56. The molecule has 0 bridgehead atoms. The first-order chi connectivity index (χ1) is 9.68. The lowest BCUT2D eigenvalue weighted by atomic mass is 9.86. The topological polar surface area (TPSA) is 70.0 Å². The van der Waals surface area contributed by atoms with Gasteiger partial charge in [-0.25, -0.2) is 8.42 Å². The lowest BCUT2D eigenvalue weighted by Crippen LogP contribution is -2.48. The van der Waals surface area contributed by atoms with Gasteiger partial charge in [0.25, 0.3) is 0 Å². The minimum atomic E-state index is -4.36. The van der Waals surface area contributed by atoms with Gasteiger partial charge in [-0.2, -0.15) is 23.2 Å². The van der Waals surface area contributed by atoms with Gasteiger partial charge in [0.2, 0.25) is 10.0 Å². The predicted molar refractivity (Wildman–Crippen MR) is 72.9 cm³/mol. The maximum Gasteiger partial charge on any atom is 0.389 e. The van der Waals surface area contributed by atoms with Crippen LogP contribution in [0.3, 0.4) is 0 Å². The van der Waals surface area contributed by atoms with Crippen molar-refractivity contribution < 1.29 is 21.6 Å². The molecule has 0 spiro atoms. The number of hydrogen-bond donors (Lipinski definition) is 1. The van der Waals surface area contributed by atoms with Crippen LogP contribution in [0, 0.1) is 11.3 Å². The van der Waals surface area contributed by atoms with E-state index in [0.717, 1.165) is 32.1 Å². The maximum atomic E-state index is 12.1. The fraction of sp³-hybridized carbons (Fsp3) is 0.923. The molecule has 0 unspecified atom stereocenters. The highest BCUT2D eigenvalue weighted by atomic mass is 32.2. The molecule has 1 fully saturated rings. The number of alkyl halides is 3. The number of nitrogens with zero attached hydrogens (tertiary/aromatic N) is 1. The van der Waals surface area contributed by atoms with Crippen LogP contribution < -0.4 is 4.72 Å². The van der Waals surface area contributed by atoms with E-state index in [0.29, 0.717) is 12.8 Å². The summed E-state index contributed by atoms with van der Waals surface area (Å²) in [4.78, 5) is 0. The first-order valence-electron chi connectivity index (χ1n) is 7.18. The summed E-state index contributed by atoms with van der Waals surface area (Å²) in [5, 5.41) is 9.32. The zero-order chi connectivity index (χ0) is 16.0. The molecule has 1 rings (SSSR count). The highest BCUT2D eigenvalue weighted by Crippen LogP contribution is 2.27. The normalized spacial score (nSPS) is 20.3. The molecule has 0 aliphatic heterocycles. The highest BCUT2D eigenvalue weighted by Gasteiger charge is 2.35. The van der Waals surface area contributed by atoms with Crippen molar-refractivity contribution in [2.75, 3.05) is 5.75 Å². The van der Waals surface area contributed by atoms with Crippen molar-refractivity contribution in [1.29, 1.82) is 5.26 Å². The summed E-state index contributed by atoms with van der Waals surface area (Å²) in [6.07, 6.45) is -0.684. The van der Waals surface area contributed by atoms with Gasteiger partial charge in [0.15, 0.2) is 0 Å². The maximum absolute atomic E-state index is 12.1. The van der Waals surface area contributed by atoms with Gasteiger partial charge < -0.3 is 0 Å². The summed E-state index contributed by atoms with van der Waals surface area (Å²) in [6, 6.07) is 2.04. The first-order valence-corrected chi connectivity index (χ1v) is 8.83. The average Bonchev–Trinajstić information content (AvgIpc) is 2.30. The average molecular weight is 326 g/mol. The second-order valence-electron chi connectivity index (χ2n) is 5.60. The number of halogens is 3. The molecule has 4 nitrogen and oxygen atoms in total. The molecule has 8 heteroatoms. The van der Waals surface area contributed by atoms with E-state index >= 15 is 0 Å². The van der Waals surface area contributed by atoms with Crippen LogP contribution in [0.15, 0.2) is 0 Å². The number of nitriles is 1. The second kappa shape index (κ2) is 7.45. The molecule has 0 aromatic rings. The Hall–Kier alpha value is -0.810. The third-order valence-corrected chi connectivity index (χ3v) is 5.17. The van der Waals surface area contributed by atoms with Crippen LogP contribution in [0.5, 0.6) is 0 Å². The van der Waals surface area contributed by atoms with Gasteiger partial charge in [-0.15, -0.1) is 0 Å². The van der Waals surface area contributed by atoms with Crippen LogP contribution >= 0.6 is 0 Å². The molecule has 1 aliphatic carbocycles. The molecular formula is C13H21F3N2O2S. The smallest absolute Gasteiger partial charge is 0.212 e. The van der Waals surface area contributed by atoms with Crippen LogP contribution in [0.2, 0.25) is 0 Å². The van der Waals surface area contributed by atoms with Crippen LogP contribution in [0.25, 0.3) is 0 Å². The molecule has 21 heavy (non-hydrogen) atoms. The van der Waals surface area contributed by atoms with Crippen molar-refractivity contribution in [2.45, 2.75) is 69.5 Å². The quantitative estimate of drug-likeness (QED) is 0.843. The van der Waals surface area contributed by atoms with E-state index in [-0.39, 0.29) is 0 Å². The van der Waals surface area contributed by atoms with E-state index in [9.17, 15) is 26.9 Å². The molecule has 0 aromatic heterocycles.